The van der Waals surface area contributed by atoms with Crippen molar-refractivity contribution in [2.24, 2.45) is 0 Å². The zero-order chi connectivity index (χ0) is 14.8. The zero-order valence-corrected chi connectivity index (χ0v) is 12.3. The van der Waals surface area contributed by atoms with Crippen molar-refractivity contribution < 1.29 is 8.42 Å². The minimum absolute atomic E-state index is 0.104. The van der Waals surface area contributed by atoms with Gasteiger partial charge in [-0.25, -0.2) is 22.7 Å². The van der Waals surface area contributed by atoms with Gasteiger partial charge in [0.25, 0.3) is 0 Å². The molecule has 0 saturated carbocycles. The van der Waals surface area contributed by atoms with E-state index < -0.39 is 10.0 Å². The largest absolute Gasteiger partial charge is 0.353 e. The molecule has 1 saturated heterocycles. The second-order valence-corrected chi connectivity index (χ2v) is 6.90. The molecule has 1 unspecified atom stereocenters. The molecule has 1 fully saturated rings. The normalized spacial score (nSPS) is 19.9. The molecule has 108 valence electrons. The van der Waals surface area contributed by atoms with E-state index in [0.29, 0.717) is 12.4 Å². The van der Waals surface area contributed by atoms with Gasteiger partial charge in [0.05, 0.1) is 6.26 Å². The maximum Gasteiger partial charge on any atom is 0.211 e. The molecule has 0 N–H and O–H groups in total. The van der Waals surface area contributed by atoms with E-state index in [2.05, 4.69) is 9.97 Å². The summed E-state index contributed by atoms with van der Waals surface area (Å²) in [7, 11) is -1.63. The predicted molar refractivity (Wildman–Crippen MR) is 74.6 cm³/mol. The summed E-state index contributed by atoms with van der Waals surface area (Å²) in [6.45, 7) is 1.28. The van der Waals surface area contributed by atoms with Gasteiger partial charge in [-0.3, -0.25) is 0 Å². The highest BCUT2D eigenvalue weighted by Crippen LogP contribution is 2.22. The van der Waals surface area contributed by atoms with Crippen LogP contribution in [0.2, 0.25) is 0 Å². The summed E-state index contributed by atoms with van der Waals surface area (Å²) in [6, 6.07) is 1.92. The van der Waals surface area contributed by atoms with Gasteiger partial charge in [0, 0.05) is 38.6 Å². The van der Waals surface area contributed by atoms with Crippen LogP contribution in [0.15, 0.2) is 12.4 Å². The molecule has 0 radical (unpaired) electrons. The molecule has 2 rings (SSSR count). The number of piperidine rings is 1. The standard InChI is InChI=1S/C12H17N5O2S/c1-16(20(2,18)19)10-4-3-7-17(9-10)12-11(8-13)14-5-6-15-12/h5-6,10H,3-4,7,9H2,1-2H3. The SMILES string of the molecule is CN(C1CCCN(c2nccnc2C#N)C1)S(C)(=O)=O. The second kappa shape index (κ2) is 5.73. The molecule has 0 bridgehead atoms. The number of rotatable bonds is 3. The summed E-state index contributed by atoms with van der Waals surface area (Å²) in [5.74, 6) is 0.529. The van der Waals surface area contributed by atoms with Gasteiger partial charge in [0.15, 0.2) is 11.5 Å². The quantitative estimate of drug-likeness (QED) is 0.791. The van der Waals surface area contributed by atoms with E-state index in [1.807, 2.05) is 11.0 Å². The minimum Gasteiger partial charge on any atom is -0.353 e. The first-order valence-electron chi connectivity index (χ1n) is 6.32. The Hall–Kier alpha value is -1.72. The summed E-state index contributed by atoms with van der Waals surface area (Å²) in [5.41, 5.74) is 0.273. The Balaban J connectivity index is 2.21. The number of hydrogen-bond acceptors (Lipinski definition) is 6. The van der Waals surface area contributed by atoms with Crippen molar-refractivity contribution in [3.8, 4) is 6.07 Å². The molecule has 0 aromatic carbocycles. The van der Waals surface area contributed by atoms with E-state index in [1.165, 1.54) is 16.8 Å². The molecule has 8 heteroatoms. The summed E-state index contributed by atoms with van der Waals surface area (Å²) in [4.78, 5) is 10.1. The van der Waals surface area contributed by atoms with Gasteiger partial charge in [-0.15, -0.1) is 0 Å². The topological polar surface area (TPSA) is 90.2 Å². The van der Waals surface area contributed by atoms with Gasteiger partial charge in [-0.1, -0.05) is 0 Å². The first kappa shape index (κ1) is 14.7. The van der Waals surface area contributed by atoms with Crippen molar-refractivity contribution in [3.63, 3.8) is 0 Å². The number of sulfonamides is 1. The Morgan fingerprint density at radius 2 is 2.15 bits per heavy atom. The van der Waals surface area contributed by atoms with Crippen LogP contribution >= 0.6 is 0 Å². The molecule has 0 aliphatic carbocycles. The number of nitriles is 1. The molecule has 7 nitrogen and oxygen atoms in total. The fourth-order valence-electron chi connectivity index (χ4n) is 2.36. The van der Waals surface area contributed by atoms with Gasteiger partial charge in [-0.05, 0) is 12.8 Å². The summed E-state index contributed by atoms with van der Waals surface area (Å²) >= 11 is 0. The molecule has 1 aliphatic heterocycles. The molecule has 2 heterocycles. The van der Waals surface area contributed by atoms with Crippen molar-refractivity contribution in [3.05, 3.63) is 18.1 Å². The summed E-state index contributed by atoms with van der Waals surface area (Å²) < 4.78 is 24.6. The highest BCUT2D eigenvalue weighted by atomic mass is 32.2. The molecule has 1 aliphatic rings. The number of hydrogen-bond donors (Lipinski definition) is 0. The van der Waals surface area contributed by atoms with Gasteiger partial charge >= 0.3 is 0 Å². The van der Waals surface area contributed by atoms with Crippen LogP contribution in [0.25, 0.3) is 0 Å². The first-order valence-corrected chi connectivity index (χ1v) is 8.17. The van der Waals surface area contributed by atoms with Crippen molar-refractivity contribution in [1.29, 1.82) is 5.26 Å². The van der Waals surface area contributed by atoms with E-state index in [1.54, 1.807) is 13.2 Å². The third-order valence-electron chi connectivity index (χ3n) is 3.52. The summed E-state index contributed by atoms with van der Waals surface area (Å²) in [5, 5.41) is 9.07. The van der Waals surface area contributed by atoms with Crippen LogP contribution in [0, 0.1) is 11.3 Å². The van der Waals surface area contributed by atoms with E-state index in [9.17, 15) is 8.42 Å². The second-order valence-electron chi connectivity index (χ2n) is 4.86. The van der Waals surface area contributed by atoms with Crippen LogP contribution in [0.3, 0.4) is 0 Å². The van der Waals surface area contributed by atoms with Crippen molar-refractivity contribution in [2.45, 2.75) is 18.9 Å². The number of aromatic nitrogens is 2. The molecule has 20 heavy (non-hydrogen) atoms. The maximum atomic E-state index is 11.6. The van der Waals surface area contributed by atoms with E-state index in [0.717, 1.165) is 19.4 Å². The predicted octanol–water partition coefficient (Wildman–Crippen LogP) is 0.208. The van der Waals surface area contributed by atoms with Crippen LogP contribution in [0.5, 0.6) is 0 Å². The molecule has 0 amide bonds. The molecule has 0 spiro atoms. The molecule has 1 aromatic heterocycles. The zero-order valence-electron chi connectivity index (χ0n) is 11.5. The van der Waals surface area contributed by atoms with Crippen LogP contribution in [0.4, 0.5) is 5.82 Å². The lowest BCUT2D eigenvalue weighted by Gasteiger charge is -2.37. The number of anilines is 1. The van der Waals surface area contributed by atoms with Crippen molar-refractivity contribution in [2.75, 3.05) is 31.3 Å². The Kier molecular flexibility index (Phi) is 4.20. The van der Waals surface area contributed by atoms with Gasteiger partial charge in [-0.2, -0.15) is 5.26 Å². The van der Waals surface area contributed by atoms with E-state index in [-0.39, 0.29) is 11.7 Å². The smallest absolute Gasteiger partial charge is 0.211 e. The fraction of sp³-hybridized carbons (Fsp3) is 0.583. The molecular weight excluding hydrogens is 278 g/mol. The van der Waals surface area contributed by atoms with Crippen molar-refractivity contribution >= 4 is 15.8 Å². The Labute approximate surface area is 118 Å². The highest BCUT2D eigenvalue weighted by Gasteiger charge is 2.29. The lowest BCUT2D eigenvalue weighted by Crippen LogP contribution is -2.48. The third kappa shape index (κ3) is 3.05. The van der Waals surface area contributed by atoms with Crippen LogP contribution in [0.1, 0.15) is 18.5 Å². The van der Waals surface area contributed by atoms with E-state index >= 15 is 0 Å². The lowest BCUT2D eigenvalue weighted by atomic mass is 10.1. The van der Waals surface area contributed by atoms with Crippen molar-refractivity contribution in [1.82, 2.24) is 14.3 Å². The monoisotopic (exact) mass is 295 g/mol. The van der Waals surface area contributed by atoms with Crippen LogP contribution in [-0.2, 0) is 10.0 Å². The Morgan fingerprint density at radius 3 is 2.80 bits per heavy atom. The number of nitrogens with zero attached hydrogens (tertiary/aromatic N) is 5. The maximum absolute atomic E-state index is 11.6. The van der Waals surface area contributed by atoms with Gasteiger partial charge in [0.2, 0.25) is 10.0 Å². The molecule has 1 atom stereocenters. The summed E-state index contributed by atoms with van der Waals surface area (Å²) in [6.07, 6.45) is 5.88. The first-order chi connectivity index (χ1) is 9.43. The van der Waals surface area contributed by atoms with Gasteiger partial charge < -0.3 is 4.90 Å². The third-order valence-corrected chi connectivity index (χ3v) is 4.86. The minimum atomic E-state index is -3.22. The van der Waals surface area contributed by atoms with Crippen LogP contribution in [-0.4, -0.2) is 55.1 Å². The number of likely N-dealkylation sites (N-methyl/N-ethyl adjacent to an activating group) is 1. The lowest BCUT2D eigenvalue weighted by molar-refractivity contribution is 0.321. The van der Waals surface area contributed by atoms with Crippen LogP contribution < -0.4 is 4.90 Å². The molecular formula is C12H17N5O2S. The highest BCUT2D eigenvalue weighted by molar-refractivity contribution is 7.88. The Morgan fingerprint density at radius 1 is 1.45 bits per heavy atom. The average Bonchev–Trinajstić information content (AvgIpc) is 2.45. The van der Waals surface area contributed by atoms with Gasteiger partial charge in [0.1, 0.15) is 6.07 Å². The fourth-order valence-corrected chi connectivity index (χ4v) is 3.07. The Bertz CT molecular complexity index is 625. The average molecular weight is 295 g/mol. The van der Waals surface area contributed by atoms with E-state index in [4.69, 9.17) is 5.26 Å². The molecule has 1 aromatic rings.